The predicted octanol–water partition coefficient (Wildman–Crippen LogP) is 5.62. The lowest BCUT2D eigenvalue weighted by Gasteiger charge is -2.48. The first-order valence-electron chi connectivity index (χ1n) is 17.5. The van der Waals surface area contributed by atoms with Crippen LogP contribution in [0.3, 0.4) is 0 Å². The first kappa shape index (κ1) is 37.1. The molecule has 0 aromatic heterocycles. The fraction of sp³-hybridized carbons (Fsp3) is 0.350. The van der Waals surface area contributed by atoms with E-state index in [1.807, 2.05) is 66.7 Å². The molecule has 11 nitrogen and oxygen atoms in total. The van der Waals surface area contributed by atoms with E-state index in [-0.39, 0.29) is 42.5 Å². The molecule has 0 aliphatic carbocycles. The highest BCUT2D eigenvalue weighted by Crippen LogP contribution is 2.39. The molecular formula is C40H44N4O7Si. The Kier molecular flexibility index (Phi) is 11.7. The molecule has 2 heterocycles. The van der Waals surface area contributed by atoms with E-state index in [0.717, 1.165) is 20.8 Å². The highest BCUT2D eigenvalue weighted by molar-refractivity contribution is 6.99. The number of hydrogen-bond acceptors (Lipinski definition) is 8. The third-order valence-electron chi connectivity index (χ3n) is 9.68. The Bertz CT molecular complexity index is 1790. The van der Waals surface area contributed by atoms with Crippen molar-refractivity contribution in [2.24, 2.45) is 5.11 Å². The van der Waals surface area contributed by atoms with Gasteiger partial charge < -0.3 is 23.7 Å². The molecule has 52 heavy (non-hydrogen) atoms. The zero-order chi connectivity index (χ0) is 36.7. The molecule has 2 aliphatic heterocycles. The maximum atomic E-state index is 13.9. The van der Waals surface area contributed by atoms with Gasteiger partial charge in [-0.15, -0.1) is 0 Å². The molecule has 0 bridgehead atoms. The van der Waals surface area contributed by atoms with Gasteiger partial charge in [0.2, 0.25) is 0 Å². The van der Waals surface area contributed by atoms with Crippen LogP contribution in [-0.2, 0) is 25.2 Å². The summed E-state index contributed by atoms with van der Waals surface area (Å²) >= 11 is 0. The summed E-state index contributed by atoms with van der Waals surface area (Å²) in [6.45, 7) is 6.82. The van der Waals surface area contributed by atoms with Crippen molar-refractivity contribution in [3.8, 4) is 0 Å². The minimum absolute atomic E-state index is 0.0347. The van der Waals surface area contributed by atoms with Crippen LogP contribution in [0.5, 0.6) is 0 Å². The minimum atomic E-state index is -3.06. The van der Waals surface area contributed by atoms with Gasteiger partial charge in [0, 0.05) is 18.1 Å². The van der Waals surface area contributed by atoms with Crippen molar-refractivity contribution < 1.29 is 33.3 Å². The highest BCUT2D eigenvalue weighted by Gasteiger charge is 2.56. The van der Waals surface area contributed by atoms with Crippen LogP contribution in [0.4, 0.5) is 0 Å². The quantitative estimate of drug-likeness (QED) is 0.0445. The molecule has 6 rings (SSSR count). The van der Waals surface area contributed by atoms with E-state index in [1.54, 1.807) is 24.3 Å². The first-order chi connectivity index (χ1) is 25.2. The molecule has 1 saturated heterocycles. The smallest absolute Gasteiger partial charge is 0.262 e. The standard InChI is InChI=1S/C40H44N4O7Si/c1-40(2,3)52(29-18-9-5-10-19-29,30-20-11-6-12-21-30)50-27-33-35(45)36(49-26-28-16-7-4-8-17-28)34(39(51-33)48-25-15-24-42-43-41)44-37(46)31-22-13-14-23-32(31)38(44)47/h4-14,16-23,33-36,39,45H,15,24-27H2,1-3H3/t33-,34-,35-,36-,39-/m1/s1. The first-order valence-corrected chi connectivity index (χ1v) is 19.4. The number of amides is 2. The van der Waals surface area contributed by atoms with Crippen molar-refractivity contribution in [3.63, 3.8) is 0 Å². The van der Waals surface area contributed by atoms with Crippen LogP contribution in [0.2, 0.25) is 5.04 Å². The fourth-order valence-electron chi connectivity index (χ4n) is 7.24. The van der Waals surface area contributed by atoms with E-state index in [4.69, 9.17) is 24.2 Å². The summed E-state index contributed by atoms with van der Waals surface area (Å²) in [5.41, 5.74) is 10.1. The average molecular weight is 721 g/mol. The SMILES string of the molecule is CC(C)(C)[Si](OC[C@H]1O[C@@H](OCCCN=[N+]=[N-])[C@H](N2C(=O)c3ccccc3C2=O)[C@@H](OCc2ccccc2)[C@@H]1O)(c1ccccc1)c1ccccc1. The number of fused-ring (bicyclic) bond motifs is 1. The molecule has 2 aliphatic rings. The largest absolute Gasteiger partial charge is 0.405 e. The molecule has 5 atom stereocenters. The predicted molar refractivity (Wildman–Crippen MR) is 199 cm³/mol. The Labute approximate surface area is 304 Å². The van der Waals surface area contributed by atoms with Crippen LogP contribution in [0.25, 0.3) is 10.4 Å². The van der Waals surface area contributed by atoms with Gasteiger partial charge in [0.05, 0.1) is 24.3 Å². The summed E-state index contributed by atoms with van der Waals surface area (Å²) in [7, 11) is -3.06. The van der Waals surface area contributed by atoms with Gasteiger partial charge in [0.15, 0.2) is 6.29 Å². The lowest BCUT2D eigenvalue weighted by atomic mass is 9.95. The second-order valence-corrected chi connectivity index (χ2v) is 18.3. The molecule has 12 heteroatoms. The number of imide groups is 1. The lowest BCUT2D eigenvalue weighted by Crippen LogP contribution is -2.69. The van der Waals surface area contributed by atoms with Gasteiger partial charge in [-0.25, -0.2) is 0 Å². The Balaban J connectivity index is 1.39. The molecule has 0 unspecified atom stereocenters. The average Bonchev–Trinajstić information content (AvgIpc) is 3.41. The van der Waals surface area contributed by atoms with E-state index < -0.39 is 50.8 Å². The number of azide groups is 1. The van der Waals surface area contributed by atoms with Crippen LogP contribution in [0.15, 0.2) is 120 Å². The zero-order valence-corrected chi connectivity index (χ0v) is 30.6. The fourth-order valence-corrected chi connectivity index (χ4v) is 11.8. The summed E-state index contributed by atoms with van der Waals surface area (Å²) in [5.74, 6) is -1.06. The topological polar surface area (TPSA) is 143 Å². The van der Waals surface area contributed by atoms with E-state index in [9.17, 15) is 14.7 Å². The second kappa shape index (κ2) is 16.4. The minimum Gasteiger partial charge on any atom is -0.405 e. The number of carbonyl (C=O) groups is 2. The monoisotopic (exact) mass is 720 g/mol. The lowest BCUT2D eigenvalue weighted by molar-refractivity contribution is -0.286. The van der Waals surface area contributed by atoms with E-state index in [0.29, 0.717) is 6.42 Å². The van der Waals surface area contributed by atoms with Crippen molar-refractivity contribution in [2.75, 3.05) is 19.8 Å². The summed E-state index contributed by atoms with van der Waals surface area (Å²) in [6.07, 6.45) is -4.27. The molecule has 0 saturated carbocycles. The number of aliphatic hydroxyl groups is 1. The second-order valence-electron chi connectivity index (χ2n) is 14.0. The molecule has 0 spiro atoms. The van der Waals surface area contributed by atoms with Crippen LogP contribution < -0.4 is 10.4 Å². The molecule has 4 aromatic carbocycles. The number of hydrogen-bond donors (Lipinski definition) is 1. The third-order valence-corrected chi connectivity index (χ3v) is 14.7. The Morgan fingerprint density at radius 3 is 1.90 bits per heavy atom. The van der Waals surface area contributed by atoms with Gasteiger partial charge >= 0.3 is 0 Å². The highest BCUT2D eigenvalue weighted by atomic mass is 28.4. The number of aliphatic hydroxyl groups excluding tert-OH is 1. The van der Waals surface area contributed by atoms with E-state index >= 15 is 0 Å². The van der Waals surface area contributed by atoms with Crippen LogP contribution in [-0.4, -0.2) is 80.5 Å². The maximum Gasteiger partial charge on any atom is 0.262 e. The number of carbonyl (C=O) groups excluding carboxylic acids is 2. The van der Waals surface area contributed by atoms with Crippen LogP contribution in [0, 0.1) is 0 Å². The van der Waals surface area contributed by atoms with E-state index in [1.165, 1.54) is 0 Å². The molecule has 4 aromatic rings. The molecule has 270 valence electrons. The Morgan fingerprint density at radius 1 is 0.827 bits per heavy atom. The summed E-state index contributed by atoms with van der Waals surface area (Å²) in [4.78, 5) is 31.8. The van der Waals surface area contributed by atoms with Crippen LogP contribution in [0.1, 0.15) is 53.5 Å². The van der Waals surface area contributed by atoms with Gasteiger partial charge in [0.25, 0.3) is 20.1 Å². The van der Waals surface area contributed by atoms with Gasteiger partial charge in [0.1, 0.15) is 24.4 Å². The van der Waals surface area contributed by atoms with Crippen molar-refractivity contribution in [1.82, 2.24) is 4.90 Å². The Hall–Kier alpha value is -4.65. The van der Waals surface area contributed by atoms with Gasteiger partial charge in [-0.2, -0.15) is 0 Å². The summed E-state index contributed by atoms with van der Waals surface area (Å²) < 4.78 is 26.6. The van der Waals surface area contributed by atoms with Crippen molar-refractivity contribution in [3.05, 3.63) is 142 Å². The number of nitrogens with zero attached hydrogens (tertiary/aromatic N) is 4. The van der Waals surface area contributed by atoms with Gasteiger partial charge in [-0.3, -0.25) is 14.5 Å². The Morgan fingerprint density at radius 2 is 1.37 bits per heavy atom. The molecule has 0 radical (unpaired) electrons. The van der Waals surface area contributed by atoms with Gasteiger partial charge in [-0.1, -0.05) is 129 Å². The molecule has 1 N–H and O–H groups in total. The number of ether oxygens (including phenoxy) is 3. The third kappa shape index (κ3) is 7.46. The van der Waals surface area contributed by atoms with Crippen molar-refractivity contribution >= 4 is 30.5 Å². The number of benzene rings is 4. The van der Waals surface area contributed by atoms with Crippen molar-refractivity contribution in [2.45, 2.75) is 69.5 Å². The molecule has 1 fully saturated rings. The van der Waals surface area contributed by atoms with Crippen LogP contribution >= 0.6 is 0 Å². The van der Waals surface area contributed by atoms with Crippen molar-refractivity contribution in [1.29, 1.82) is 0 Å². The maximum absolute atomic E-state index is 13.9. The van der Waals surface area contributed by atoms with Gasteiger partial charge in [-0.05, 0) is 45.1 Å². The van der Waals surface area contributed by atoms with E-state index in [2.05, 4.69) is 55.1 Å². The zero-order valence-electron chi connectivity index (χ0n) is 29.6. The number of rotatable bonds is 14. The summed E-state index contributed by atoms with van der Waals surface area (Å²) in [6, 6.07) is 35.2. The molecule has 2 amide bonds. The molecular weight excluding hydrogens is 677 g/mol. The summed E-state index contributed by atoms with van der Waals surface area (Å²) in [5, 5.41) is 17.6. The normalized spacial score (nSPS) is 21.8.